The highest BCUT2D eigenvalue weighted by atomic mass is 79.9. The summed E-state index contributed by atoms with van der Waals surface area (Å²) in [5.74, 6) is -1.92. The van der Waals surface area contributed by atoms with Crippen LogP contribution >= 0.6 is 15.9 Å². The van der Waals surface area contributed by atoms with Crippen LogP contribution in [0.5, 0.6) is 5.75 Å². The summed E-state index contributed by atoms with van der Waals surface area (Å²) >= 11 is 3.14. The third-order valence-electron chi connectivity index (χ3n) is 2.58. The Bertz CT molecular complexity index is 659. The summed E-state index contributed by atoms with van der Waals surface area (Å²) in [5, 5.41) is 9.00. The molecule has 0 saturated heterocycles. The average Bonchev–Trinajstić information content (AvgIpc) is 2.38. The van der Waals surface area contributed by atoms with Crippen LogP contribution in [-0.4, -0.2) is 11.1 Å². The van der Waals surface area contributed by atoms with E-state index >= 15 is 0 Å². The van der Waals surface area contributed by atoms with E-state index in [4.69, 9.17) is 9.84 Å². The van der Waals surface area contributed by atoms with Crippen molar-refractivity contribution in [2.75, 3.05) is 0 Å². The molecule has 0 aliphatic rings. The summed E-state index contributed by atoms with van der Waals surface area (Å²) in [6, 6.07) is 7.31. The molecule has 0 radical (unpaired) electrons. The van der Waals surface area contributed by atoms with E-state index in [2.05, 4.69) is 15.9 Å². The standard InChI is InChI=1S/C14H9BrF2O3/c15-12-6-10(17)3-4-13(12)20-7-8-1-2-9(16)5-11(8)14(18)19/h1-6H,7H2,(H,18,19). The minimum Gasteiger partial charge on any atom is -0.488 e. The van der Waals surface area contributed by atoms with Crippen molar-refractivity contribution in [1.82, 2.24) is 0 Å². The molecule has 1 N–H and O–H groups in total. The zero-order chi connectivity index (χ0) is 14.7. The highest BCUT2D eigenvalue weighted by Gasteiger charge is 2.12. The molecule has 6 heteroatoms. The van der Waals surface area contributed by atoms with Crippen LogP contribution in [-0.2, 0) is 6.61 Å². The Morgan fingerprint density at radius 2 is 1.80 bits per heavy atom. The van der Waals surface area contributed by atoms with E-state index in [1.165, 1.54) is 24.3 Å². The maximum Gasteiger partial charge on any atom is 0.336 e. The van der Waals surface area contributed by atoms with Gasteiger partial charge in [-0.3, -0.25) is 0 Å². The van der Waals surface area contributed by atoms with Crippen LogP contribution in [0.2, 0.25) is 0 Å². The van der Waals surface area contributed by atoms with E-state index in [9.17, 15) is 13.6 Å². The Morgan fingerprint density at radius 1 is 1.15 bits per heavy atom. The topological polar surface area (TPSA) is 46.5 Å². The van der Waals surface area contributed by atoms with Gasteiger partial charge in [-0.1, -0.05) is 6.07 Å². The van der Waals surface area contributed by atoms with Crippen molar-refractivity contribution < 1.29 is 23.4 Å². The Morgan fingerprint density at radius 3 is 2.45 bits per heavy atom. The predicted octanol–water partition coefficient (Wildman–Crippen LogP) is 4.00. The van der Waals surface area contributed by atoms with Crippen LogP contribution in [0, 0.1) is 11.6 Å². The van der Waals surface area contributed by atoms with Crippen molar-refractivity contribution in [3.8, 4) is 5.75 Å². The maximum atomic E-state index is 13.0. The van der Waals surface area contributed by atoms with Gasteiger partial charge in [-0.05, 0) is 46.3 Å². The summed E-state index contributed by atoms with van der Waals surface area (Å²) in [5.41, 5.74) is 0.165. The van der Waals surface area contributed by atoms with Gasteiger partial charge < -0.3 is 9.84 Å². The molecule has 0 aliphatic heterocycles. The molecule has 104 valence electrons. The van der Waals surface area contributed by atoms with Gasteiger partial charge in [0.2, 0.25) is 0 Å². The molecule has 0 saturated carbocycles. The van der Waals surface area contributed by atoms with Crippen molar-refractivity contribution in [2.24, 2.45) is 0 Å². The summed E-state index contributed by atoms with van der Waals surface area (Å²) in [4.78, 5) is 11.0. The molecule has 0 spiro atoms. The van der Waals surface area contributed by atoms with Crippen LogP contribution in [0.15, 0.2) is 40.9 Å². The first-order chi connectivity index (χ1) is 9.47. The Labute approximate surface area is 121 Å². The molecule has 20 heavy (non-hydrogen) atoms. The first kappa shape index (κ1) is 14.5. The van der Waals surface area contributed by atoms with Gasteiger partial charge in [0.25, 0.3) is 0 Å². The number of carbonyl (C=O) groups is 1. The SMILES string of the molecule is O=C(O)c1cc(F)ccc1COc1ccc(F)cc1Br. The number of carboxylic acid groups (broad SMARTS) is 1. The third-order valence-corrected chi connectivity index (χ3v) is 3.20. The van der Waals surface area contributed by atoms with Gasteiger partial charge in [0.1, 0.15) is 24.0 Å². The van der Waals surface area contributed by atoms with Crippen molar-refractivity contribution in [2.45, 2.75) is 6.61 Å². The quantitative estimate of drug-likeness (QED) is 0.913. The smallest absolute Gasteiger partial charge is 0.336 e. The van der Waals surface area contributed by atoms with E-state index < -0.39 is 17.6 Å². The Balaban J connectivity index is 2.20. The van der Waals surface area contributed by atoms with Gasteiger partial charge in [0.05, 0.1) is 10.0 Å². The molecule has 3 nitrogen and oxygen atoms in total. The van der Waals surface area contributed by atoms with Crippen molar-refractivity contribution in [3.05, 3.63) is 63.6 Å². The van der Waals surface area contributed by atoms with E-state index in [1.807, 2.05) is 0 Å². The van der Waals surface area contributed by atoms with E-state index in [0.717, 1.165) is 12.1 Å². The second kappa shape index (κ2) is 6.00. The number of ether oxygens (including phenoxy) is 1. The van der Waals surface area contributed by atoms with Crippen molar-refractivity contribution in [1.29, 1.82) is 0 Å². The lowest BCUT2D eigenvalue weighted by atomic mass is 10.1. The molecule has 0 heterocycles. The van der Waals surface area contributed by atoms with E-state index in [-0.39, 0.29) is 12.2 Å². The highest BCUT2D eigenvalue weighted by molar-refractivity contribution is 9.10. The summed E-state index contributed by atoms with van der Waals surface area (Å²) in [6.45, 7) is -0.0633. The van der Waals surface area contributed by atoms with Crippen LogP contribution in [0.4, 0.5) is 8.78 Å². The second-order valence-corrected chi connectivity index (χ2v) is 4.82. The fourth-order valence-electron chi connectivity index (χ4n) is 1.62. The van der Waals surface area contributed by atoms with Gasteiger partial charge in [-0.25, -0.2) is 13.6 Å². The monoisotopic (exact) mass is 342 g/mol. The first-order valence-electron chi connectivity index (χ1n) is 5.57. The molecule has 0 atom stereocenters. The predicted molar refractivity (Wildman–Crippen MR) is 71.8 cm³/mol. The van der Waals surface area contributed by atoms with Gasteiger partial charge in [0.15, 0.2) is 0 Å². The largest absolute Gasteiger partial charge is 0.488 e. The van der Waals surface area contributed by atoms with Crippen LogP contribution in [0.3, 0.4) is 0 Å². The number of benzene rings is 2. The molecule has 0 fully saturated rings. The normalized spacial score (nSPS) is 10.3. The molecule has 2 aromatic carbocycles. The average molecular weight is 343 g/mol. The molecule has 0 aliphatic carbocycles. The first-order valence-corrected chi connectivity index (χ1v) is 6.36. The van der Waals surface area contributed by atoms with Crippen molar-refractivity contribution >= 4 is 21.9 Å². The lowest BCUT2D eigenvalue weighted by Gasteiger charge is -2.10. The van der Waals surface area contributed by atoms with Gasteiger partial charge >= 0.3 is 5.97 Å². The fraction of sp³-hybridized carbons (Fsp3) is 0.0714. The highest BCUT2D eigenvalue weighted by Crippen LogP contribution is 2.26. The van der Waals surface area contributed by atoms with Crippen LogP contribution in [0.1, 0.15) is 15.9 Å². The maximum absolute atomic E-state index is 13.0. The molecule has 0 unspecified atom stereocenters. The zero-order valence-corrected chi connectivity index (χ0v) is 11.7. The molecule has 0 aromatic heterocycles. The second-order valence-electron chi connectivity index (χ2n) is 3.97. The molecule has 2 aromatic rings. The Kier molecular flexibility index (Phi) is 4.34. The van der Waals surface area contributed by atoms with Gasteiger partial charge in [0, 0.05) is 5.56 Å². The molecular weight excluding hydrogens is 334 g/mol. The number of halogens is 3. The van der Waals surface area contributed by atoms with Crippen LogP contribution in [0.25, 0.3) is 0 Å². The molecule has 0 amide bonds. The summed E-state index contributed by atoms with van der Waals surface area (Å²) in [7, 11) is 0. The number of carboxylic acids is 1. The third kappa shape index (κ3) is 3.33. The summed E-state index contributed by atoms with van der Waals surface area (Å²) < 4.78 is 31.8. The van der Waals surface area contributed by atoms with Crippen LogP contribution < -0.4 is 4.74 Å². The fourth-order valence-corrected chi connectivity index (χ4v) is 2.09. The Hall–Kier alpha value is -1.95. The zero-order valence-electron chi connectivity index (χ0n) is 10.1. The van der Waals surface area contributed by atoms with Gasteiger partial charge in [-0.15, -0.1) is 0 Å². The molecular formula is C14H9BrF2O3. The number of hydrogen-bond acceptors (Lipinski definition) is 2. The number of rotatable bonds is 4. The van der Waals surface area contributed by atoms with E-state index in [1.54, 1.807) is 0 Å². The minimum absolute atomic E-state index is 0.0633. The lowest BCUT2D eigenvalue weighted by Crippen LogP contribution is -2.06. The summed E-state index contributed by atoms with van der Waals surface area (Å²) in [6.07, 6.45) is 0. The van der Waals surface area contributed by atoms with E-state index in [0.29, 0.717) is 15.8 Å². The number of aromatic carboxylic acids is 1. The number of hydrogen-bond donors (Lipinski definition) is 1. The van der Waals surface area contributed by atoms with Gasteiger partial charge in [-0.2, -0.15) is 0 Å². The minimum atomic E-state index is -1.23. The lowest BCUT2D eigenvalue weighted by molar-refractivity contribution is 0.0693. The van der Waals surface area contributed by atoms with Crippen molar-refractivity contribution in [3.63, 3.8) is 0 Å². The molecule has 0 bridgehead atoms. The molecule has 2 rings (SSSR count).